The molecule has 0 aliphatic heterocycles. The molecule has 0 saturated heterocycles. The molecule has 1 aromatic carbocycles. The van der Waals surface area contributed by atoms with Gasteiger partial charge in [0.2, 0.25) is 5.78 Å². The predicted molar refractivity (Wildman–Crippen MR) is 94.8 cm³/mol. The fraction of sp³-hybridized carbons (Fsp3) is 0.389. The second-order valence-electron chi connectivity index (χ2n) is 6.05. The van der Waals surface area contributed by atoms with Crippen LogP contribution in [0.4, 0.5) is 0 Å². The highest BCUT2D eigenvalue weighted by molar-refractivity contribution is 9.11. The van der Waals surface area contributed by atoms with Crippen LogP contribution in [0, 0.1) is 6.92 Å². The molecule has 0 saturated carbocycles. The van der Waals surface area contributed by atoms with Gasteiger partial charge in [-0.2, -0.15) is 0 Å². The zero-order valence-electron chi connectivity index (χ0n) is 13.2. The Labute approximate surface area is 139 Å². The number of carbonyl (C=O) groups is 1. The van der Waals surface area contributed by atoms with Gasteiger partial charge in [-0.25, -0.2) is 0 Å². The Kier molecular flexibility index (Phi) is 5.05. The standard InChI is InChI=1S/C18H21BrOS/c1-10(2)13-6-7-14(15(9-13)11(3)4)17(20)16-8-12(5)18(19)21-16/h6-11H,1-5H3. The lowest BCUT2D eigenvalue weighted by Gasteiger charge is -2.15. The van der Waals surface area contributed by atoms with Crippen LogP contribution >= 0.6 is 27.3 Å². The Morgan fingerprint density at radius 2 is 1.76 bits per heavy atom. The first-order valence-electron chi connectivity index (χ1n) is 7.25. The number of halogens is 1. The molecule has 0 spiro atoms. The van der Waals surface area contributed by atoms with Crippen LogP contribution in [0.1, 0.15) is 71.5 Å². The third kappa shape index (κ3) is 3.46. The van der Waals surface area contributed by atoms with Crippen molar-refractivity contribution in [2.45, 2.75) is 46.5 Å². The smallest absolute Gasteiger partial charge is 0.203 e. The molecule has 0 N–H and O–H groups in total. The molecule has 0 amide bonds. The van der Waals surface area contributed by atoms with Gasteiger partial charge in [0.05, 0.1) is 8.66 Å². The second-order valence-corrected chi connectivity index (χ2v) is 8.42. The minimum absolute atomic E-state index is 0.132. The van der Waals surface area contributed by atoms with Gasteiger partial charge >= 0.3 is 0 Å². The van der Waals surface area contributed by atoms with Crippen LogP contribution in [0.5, 0.6) is 0 Å². The quantitative estimate of drug-likeness (QED) is 0.582. The summed E-state index contributed by atoms with van der Waals surface area (Å²) in [5, 5.41) is 0. The number of hydrogen-bond donors (Lipinski definition) is 0. The summed E-state index contributed by atoms with van der Waals surface area (Å²) in [4.78, 5) is 13.6. The highest BCUT2D eigenvalue weighted by Crippen LogP contribution is 2.32. The zero-order chi connectivity index (χ0) is 15.7. The molecule has 112 valence electrons. The Morgan fingerprint density at radius 3 is 2.24 bits per heavy atom. The zero-order valence-corrected chi connectivity index (χ0v) is 15.6. The van der Waals surface area contributed by atoms with E-state index in [0.717, 1.165) is 25.4 Å². The molecule has 0 fully saturated rings. The van der Waals surface area contributed by atoms with Crippen molar-refractivity contribution in [3.63, 3.8) is 0 Å². The average Bonchev–Trinajstić information content (AvgIpc) is 2.77. The van der Waals surface area contributed by atoms with Crippen LogP contribution in [0.25, 0.3) is 0 Å². The minimum Gasteiger partial charge on any atom is -0.288 e. The molecule has 2 rings (SSSR count). The summed E-state index contributed by atoms with van der Waals surface area (Å²) >= 11 is 5.02. The molecule has 1 heterocycles. The minimum atomic E-state index is 0.132. The largest absolute Gasteiger partial charge is 0.288 e. The molecular formula is C18H21BrOS. The van der Waals surface area contributed by atoms with Gasteiger partial charge in [-0.05, 0) is 57.4 Å². The van der Waals surface area contributed by atoms with Gasteiger partial charge in [0.1, 0.15) is 0 Å². The topological polar surface area (TPSA) is 17.1 Å². The van der Waals surface area contributed by atoms with E-state index in [1.54, 1.807) is 0 Å². The molecule has 2 aromatic rings. The number of ketones is 1. The van der Waals surface area contributed by atoms with Gasteiger partial charge in [-0.1, -0.05) is 45.9 Å². The van der Waals surface area contributed by atoms with E-state index < -0.39 is 0 Å². The van der Waals surface area contributed by atoms with Crippen molar-refractivity contribution >= 4 is 33.0 Å². The first-order valence-corrected chi connectivity index (χ1v) is 8.86. The van der Waals surface area contributed by atoms with Gasteiger partial charge in [-0.15, -0.1) is 11.3 Å². The van der Waals surface area contributed by atoms with Crippen LogP contribution in [-0.4, -0.2) is 5.78 Å². The molecule has 0 atom stereocenters. The normalized spacial score (nSPS) is 11.4. The molecule has 21 heavy (non-hydrogen) atoms. The summed E-state index contributed by atoms with van der Waals surface area (Å²) in [6, 6.07) is 8.24. The van der Waals surface area contributed by atoms with E-state index in [0.29, 0.717) is 11.8 Å². The Balaban J connectivity index is 2.49. The van der Waals surface area contributed by atoms with Crippen molar-refractivity contribution in [2.75, 3.05) is 0 Å². The van der Waals surface area contributed by atoms with E-state index in [1.807, 2.05) is 19.1 Å². The maximum Gasteiger partial charge on any atom is 0.203 e. The molecule has 1 nitrogen and oxygen atoms in total. The molecule has 0 aliphatic rings. The lowest BCUT2D eigenvalue weighted by atomic mass is 9.89. The predicted octanol–water partition coefficient (Wildman–Crippen LogP) is 6.30. The van der Waals surface area contributed by atoms with Gasteiger partial charge in [0.15, 0.2) is 0 Å². The van der Waals surface area contributed by atoms with Gasteiger partial charge in [0, 0.05) is 5.56 Å². The average molecular weight is 365 g/mol. The van der Waals surface area contributed by atoms with Crippen molar-refractivity contribution in [3.05, 3.63) is 55.2 Å². The molecule has 1 aromatic heterocycles. The lowest BCUT2D eigenvalue weighted by Crippen LogP contribution is -2.06. The van der Waals surface area contributed by atoms with Crippen molar-refractivity contribution in [1.82, 2.24) is 0 Å². The molecule has 3 heteroatoms. The first-order chi connectivity index (χ1) is 9.81. The van der Waals surface area contributed by atoms with E-state index in [9.17, 15) is 4.79 Å². The number of aryl methyl sites for hydroxylation is 1. The molecule has 0 bridgehead atoms. The third-order valence-corrected chi connectivity index (χ3v) is 5.83. The summed E-state index contributed by atoms with van der Waals surface area (Å²) in [5.74, 6) is 0.949. The van der Waals surface area contributed by atoms with Crippen molar-refractivity contribution in [1.29, 1.82) is 0 Å². The number of hydrogen-bond acceptors (Lipinski definition) is 2. The highest BCUT2D eigenvalue weighted by atomic mass is 79.9. The van der Waals surface area contributed by atoms with Crippen LogP contribution in [0.2, 0.25) is 0 Å². The van der Waals surface area contributed by atoms with Crippen molar-refractivity contribution in [2.24, 2.45) is 0 Å². The van der Waals surface area contributed by atoms with Crippen LogP contribution < -0.4 is 0 Å². The highest BCUT2D eigenvalue weighted by Gasteiger charge is 2.19. The Morgan fingerprint density at radius 1 is 1.10 bits per heavy atom. The van der Waals surface area contributed by atoms with Crippen molar-refractivity contribution in [3.8, 4) is 0 Å². The maximum atomic E-state index is 12.8. The summed E-state index contributed by atoms with van der Waals surface area (Å²) in [5.41, 5.74) is 4.39. The van der Waals surface area contributed by atoms with E-state index in [-0.39, 0.29) is 5.78 Å². The Bertz CT molecular complexity index is 648. The monoisotopic (exact) mass is 364 g/mol. The molecule has 0 radical (unpaired) electrons. The summed E-state index contributed by atoms with van der Waals surface area (Å²) in [6.07, 6.45) is 0. The second kappa shape index (κ2) is 6.45. The fourth-order valence-corrected chi connectivity index (χ4v) is 3.82. The van der Waals surface area contributed by atoms with Gasteiger partial charge < -0.3 is 0 Å². The first kappa shape index (κ1) is 16.4. The van der Waals surface area contributed by atoms with Crippen LogP contribution in [-0.2, 0) is 0 Å². The lowest BCUT2D eigenvalue weighted by molar-refractivity contribution is 0.104. The maximum absolute atomic E-state index is 12.8. The molecular weight excluding hydrogens is 344 g/mol. The van der Waals surface area contributed by atoms with E-state index in [2.05, 4.69) is 55.8 Å². The number of thiophene rings is 1. The van der Waals surface area contributed by atoms with Crippen LogP contribution in [0.15, 0.2) is 28.1 Å². The van der Waals surface area contributed by atoms with Gasteiger partial charge in [0.25, 0.3) is 0 Å². The summed E-state index contributed by atoms with van der Waals surface area (Å²) in [7, 11) is 0. The third-order valence-electron chi connectivity index (χ3n) is 3.69. The van der Waals surface area contributed by atoms with E-state index in [4.69, 9.17) is 0 Å². The van der Waals surface area contributed by atoms with Crippen LogP contribution in [0.3, 0.4) is 0 Å². The van der Waals surface area contributed by atoms with Crippen molar-refractivity contribution < 1.29 is 4.79 Å². The molecule has 0 aliphatic carbocycles. The summed E-state index contributed by atoms with van der Waals surface area (Å²) < 4.78 is 1.04. The number of benzene rings is 1. The molecule has 0 unspecified atom stereocenters. The fourth-order valence-electron chi connectivity index (χ4n) is 2.33. The number of rotatable bonds is 4. The van der Waals surface area contributed by atoms with Gasteiger partial charge in [-0.3, -0.25) is 4.79 Å². The van der Waals surface area contributed by atoms with E-state index in [1.165, 1.54) is 16.9 Å². The Hall–Kier alpha value is -0.930. The summed E-state index contributed by atoms with van der Waals surface area (Å²) in [6.45, 7) is 10.7. The van der Waals surface area contributed by atoms with E-state index >= 15 is 0 Å². The number of carbonyl (C=O) groups excluding carboxylic acids is 1. The SMILES string of the molecule is Cc1cc(C(=O)c2ccc(C(C)C)cc2C(C)C)sc1Br.